The third kappa shape index (κ3) is 6.89. The number of guanidine groups is 1. The van der Waals surface area contributed by atoms with E-state index in [-0.39, 0.29) is 35.8 Å². The first-order chi connectivity index (χ1) is 13.3. The molecule has 3 rings (SSSR count). The van der Waals surface area contributed by atoms with Crippen molar-refractivity contribution >= 4 is 41.5 Å². The lowest BCUT2D eigenvalue weighted by Crippen LogP contribution is -2.41. The Morgan fingerprint density at radius 2 is 2.04 bits per heavy atom. The van der Waals surface area contributed by atoms with Gasteiger partial charge in [-0.1, -0.05) is 18.2 Å². The number of rotatable bonds is 7. The summed E-state index contributed by atoms with van der Waals surface area (Å²) in [6, 6.07) is 8.01. The summed E-state index contributed by atoms with van der Waals surface area (Å²) in [6.07, 6.45) is 2.77. The van der Waals surface area contributed by atoms with Gasteiger partial charge in [-0.05, 0) is 31.0 Å². The highest BCUT2D eigenvalue weighted by atomic mass is 127. The summed E-state index contributed by atoms with van der Waals surface area (Å²) in [5.41, 5.74) is 2.11. The summed E-state index contributed by atoms with van der Waals surface area (Å²) in [5, 5.41) is 9.69. The highest BCUT2D eigenvalue weighted by molar-refractivity contribution is 14.0. The van der Waals surface area contributed by atoms with E-state index in [1.807, 2.05) is 18.2 Å². The van der Waals surface area contributed by atoms with Crippen molar-refractivity contribution in [3.8, 4) is 0 Å². The number of carbonyl (C=O) groups is 1. The molecule has 8 heteroatoms. The van der Waals surface area contributed by atoms with E-state index in [2.05, 4.69) is 31.9 Å². The standard InChI is InChI=1S/C20H31N5O2.HI/c1-21-20(22-8-4-5-9-25-10-12-27-13-11-25)23-15-16-14-19(26)24-18-7-3-2-6-17(16)18;/h2-3,6-7,16H,4-5,8-15H2,1H3,(H,24,26)(H2,21,22,23);1H. The zero-order valence-corrected chi connectivity index (χ0v) is 18.9. The molecule has 1 aromatic carbocycles. The van der Waals surface area contributed by atoms with E-state index in [0.717, 1.165) is 57.5 Å². The second kappa shape index (κ2) is 12.2. The van der Waals surface area contributed by atoms with E-state index in [1.54, 1.807) is 7.05 Å². The van der Waals surface area contributed by atoms with Gasteiger partial charge in [0.2, 0.25) is 5.91 Å². The lowest BCUT2D eigenvalue weighted by Gasteiger charge is -2.27. The Morgan fingerprint density at radius 1 is 1.25 bits per heavy atom. The second-order valence-electron chi connectivity index (χ2n) is 7.08. The van der Waals surface area contributed by atoms with E-state index in [4.69, 9.17) is 4.74 Å². The molecule has 0 aromatic heterocycles. The molecule has 2 heterocycles. The van der Waals surface area contributed by atoms with E-state index in [1.165, 1.54) is 12.0 Å². The van der Waals surface area contributed by atoms with Crippen LogP contribution in [0.3, 0.4) is 0 Å². The maximum Gasteiger partial charge on any atom is 0.225 e. The number of carbonyl (C=O) groups excluding carboxylic acids is 1. The largest absolute Gasteiger partial charge is 0.379 e. The van der Waals surface area contributed by atoms with Gasteiger partial charge >= 0.3 is 0 Å². The van der Waals surface area contributed by atoms with Crippen molar-refractivity contribution < 1.29 is 9.53 Å². The Labute approximate surface area is 184 Å². The summed E-state index contributed by atoms with van der Waals surface area (Å²) in [6.45, 7) is 6.53. The minimum Gasteiger partial charge on any atom is -0.379 e. The number of anilines is 1. The van der Waals surface area contributed by atoms with Crippen LogP contribution in [0.2, 0.25) is 0 Å². The van der Waals surface area contributed by atoms with E-state index >= 15 is 0 Å². The molecule has 0 saturated carbocycles. The van der Waals surface area contributed by atoms with Crippen LogP contribution in [0.4, 0.5) is 5.69 Å². The number of morpholine rings is 1. The monoisotopic (exact) mass is 501 g/mol. The van der Waals surface area contributed by atoms with Gasteiger partial charge in [-0.2, -0.15) is 0 Å². The average Bonchev–Trinajstić information content (AvgIpc) is 2.70. The summed E-state index contributed by atoms with van der Waals surface area (Å²) < 4.78 is 5.38. The topological polar surface area (TPSA) is 78.0 Å². The highest BCUT2D eigenvalue weighted by Gasteiger charge is 2.24. The Kier molecular flexibility index (Phi) is 10.0. The number of unbranched alkanes of at least 4 members (excludes halogenated alkanes) is 1. The van der Waals surface area contributed by atoms with Crippen LogP contribution in [-0.2, 0) is 9.53 Å². The van der Waals surface area contributed by atoms with Gasteiger partial charge in [0, 0.05) is 51.3 Å². The van der Waals surface area contributed by atoms with Crippen LogP contribution >= 0.6 is 24.0 Å². The molecule has 2 aliphatic rings. The van der Waals surface area contributed by atoms with Crippen LogP contribution in [0, 0.1) is 0 Å². The molecule has 0 spiro atoms. The second-order valence-corrected chi connectivity index (χ2v) is 7.08. The molecular formula is C20H32IN5O2. The lowest BCUT2D eigenvalue weighted by molar-refractivity contribution is -0.116. The number of nitrogens with zero attached hydrogens (tertiary/aromatic N) is 2. The molecule has 1 fully saturated rings. The molecule has 1 aromatic rings. The Hall–Kier alpha value is -1.39. The molecular weight excluding hydrogens is 469 g/mol. The predicted octanol–water partition coefficient (Wildman–Crippen LogP) is 2.01. The predicted molar refractivity (Wildman–Crippen MR) is 124 cm³/mol. The number of nitrogens with one attached hydrogen (secondary N) is 3. The molecule has 1 unspecified atom stereocenters. The number of ether oxygens (including phenoxy) is 1. The summed E-state index contributed by atoms with van der Waals surface area (Å²) in [4.78, 5) is 18.7. The molecule has 0 aliphatic carbocycles. The number of para-hydroxylation sites is 1. The van der Waals surface area contributed by atoms with Crippen LogP contribution < -0.4 is 16.0 Å². The van der Waals surface area contributed by atoms with Crippen molar-refractivity contribution in [2.45, 2.75) is 25.2 Å². The molecule has 1 saturated heterocycles. The fraction of sp³-hybridized carbons (Fsp3) is 0.600. The summed E-state index contributed by atoms with van der Waals surface area (Å²) >= 11 is 0. The van der Waals surface area contributed by atoms with E-state index < -0.39 is 0 Å². The normalized spacial score (nSPS) is 20.0. The van der Waals surface area contributed by atoms with Crippen molar-refractivity contribution in [2.24, 2.45) is 4.99 Å². The molecule has 3 N–H and O–H groups in total. The first-order valence-corrected chi connectivity index (χ1v) is 9.89. The van der Waals surface area contributed by atoms with E-state index in [0.29, 0.717) is 13.0 Å². The highest BCUT2D eigenvalue weighted by Crippen LogP contribution is 2.31. The average molecular weight is 501 g/mol. The SMILES string of the molecule is CN=C(NCCCCN1CCOCC1)NCC1CC(=O)Nc2ccccc21.I. The molecule has 28 heavy (non-hydrogen) atoms. The Balaban J connectivity index is 0.00000280. The first-order valence-electron chi connectivity index (χ1n) is 9.89. The minimum absolute atomic E-state index is 0. The summed E-state index contributed by atoms with van der Waals surface area (Å²) in [5.74, 6) is 1.03. The van der Waals surface area contributed by atoms with Gasteiger partial charge in [0.25, 0.3) is 0 Å². The van der Waals surface area contributed by atoms with Gasteiger partial charge in [-0.15, -0.1) is 24.0 Å². The van der Waals surface area contributed by atoms with Gasteiger partial charge in [0.1, 0.15) is 0 Å². The third-order valence-corrected chi connectivity index (χ3v) is 5.14. The van der Waals surface area contributed by atoms with E-state index in [9.17, 15) is 4.79 Å². The van der Waals surface area contributed by atoms with Gasteiger partial charge in [0.15, 0.2) is 5.96 Å². The van der Waals surface area contributed by atoms with Gasteiger partial charge in [-0.25, -0.2) is 0 Å². The molecule has 0 radical (unpaired) electrons. The number of hydrogen-bond donors (Lipinski definition) is 3. The fourth-order valence-electron chi connectivity index (χ4n) is 3.62. The maximum absolute atomic E-state index is 11.9. The molecule has 1 amide bonds. The van der Waals surface area contributed by atoms with Crippen molar-refractivity contribution in [3.05, 3.63) is 29.8 Å². The number of halogens is 1. The van der Waals surface area contributed by atoms with Crippen molar-refractivity contribution in [3.63, 3.8) is 0 Å². The molecule has 2 aliphatic heterocycles. The van der Waals surface area contributed by atoms with Gasteiger partial charge in [-0.3, -0.25) is 14.7 Å². The number of aliphatic imine (C=N–C) groups is 1. The van der Waals surface area contributed by atoms with Crippen molar-refractivity contribution in [2.75, 3.05) is 58.3 Å². The number of fused-ring (bicyclic) bond motifs is 1. The molecule has 1 atom stereocenters. The zero-order valence-electron chi connectivity index (χ0n) is 16.6. The molecule has 156 valence electrons. The van der Waals surface area contributed by atoms with Crippen LogP contribution in [0.15, 0.2) is 29.3 Å². The number of hydrogen-bond acceptors (Lipinski definition) is 4. The van der Waals surface area contributed by atoms with Crippen LogP contribution in [-0.4, -0.2) is 69.8 Å². The lowest BCUT2D eigenvalue weighted by atomic mass is 9.90. The Morgan fingerprint density at radius 3 is 2.82 bits per heavy atom. The fourth-order valence-corrected chi connectivity index (χ4v) is 3.62. The smallest absolute Gasteiger partial charge is 0.225 e. The molecule has 7 nitrogen and oxygen atoms in total. The van der Waals surface area contributed by atoms with Gasteiger partial charge in [0.05, 0.1) is 13.2 Å². The van der Waals surface area contributed by atoms with Crippen molar-refractivity contribution in [1.82, 2.24) is 15.5 Å². The van der Waals surface area contributed by atoms with Crippen LogP contribution in [0.5, 0.6) is 0 Å². The maximum atomic E-state index is 11.9. The minimum atomic E-state index is 0. The Bertz CT molecular complexity index is 649. The quantitative estimate of drug-likeness (QED) is 0.231. The van der Waals surface area contributed by atoms with Crippen LogP contribution in [0.1, 0.15) is 30.7 Å². The summed E-state index contributed by atoms with van der Waals surface area (Å²) in [7, 11) is 1.78. The van der Waals surface area contributed by atoms with Crippen LogP contribution in [0.25, 0.3) is 0 Å². The zero-order chi connectivity index (χ0) is 18.9. The third-order valence-electron chi connectivity index (χ3n) is 5.14. The van der Waals surface area contributed by atoms with Crippen molar-refractivity contribution in [1.29, 1.82) is 0 Å². The first kappa shape index (κ1) is 22.9. The number of amides is 1. The number of benzene rings is 1. The van der Waals surface area contributed by atoms with Gasteiger partial charge < -0.3 is 20.7 Å². The molecule has 0 bridgehead atoms.